The van der Waals surface area contributed by atoms with Crippen molar-refractivity contribution in [3.05, 3.63) is 78.4 Å². The van der Waals surface area contributed by atoms with E-state index in [1.54, 1.807) is 12.2 Å². The number of para-hydroxylation sites is 1. The molecule has 2 aliphatic rings. The van der Waals surface area contributed by atoms with Crippen LogP contribution in [0, 0.1) is 0 Å². The molecule has 2 aliphatic heterocycles. The van der Waals surface area contributed by atoms with Crippen molar-refractivity contribution in [3.63, 3.8) is 0 Å². The van der Waals surface area contributed by atoms with Gasteiger partial charge in [-0.25, -0.2) is 0 Å². The summed E-state index contributed by atoms with van der Waals surface area (Å²) in [6.45, 7) is 6.20. The predicted molar refractivity (Wildman–Crippen MR) is 124 cm³/mol. The maximum Gasteiger partial charge on any atom is 0.246 e. The Kier molecular flexibility index (Phi) is 6.40. The average Bonchev–Trinajstić information content (AvgIpc) is 2.85. The van der Waals surface area contributed by atoms with Gasteiger partial charge in [-0.1, -0.05) is 54.6 Å². The number of rotatable bonds is 4. The second-order valence-corrected chi connectivity index (χ2v) is 8.39. The lowest BCUT2D eigenvalue weighted by molar-refractivity contribution is -0.142. The lowest BCUT2D eigenvalue weighted by Crippen LogP contribution is -2.57. The van der Waals surface area contributed by atoms with E-state index in [4.69, 9.17) is 0 Å². The molecule has 2 aromatic carbocycles. The standard InChI is InChI=1S/C26H31N3O2/c1-2-9-24(30)28-16-14-26(15-17-28,22-10-5-3-6-11-22)25(31)29-20-18-27(19-21-29)23-12-7-4-8-13-23/h2-13H,14-21H2,1H3. The van der Waals surface area contributed by atoms with Gasteiger partial charge in [-0.3, -0.25) is 9.59 Å². The molecule has 2 amide bonds. The zero-order chi connectivity index (χ0) is 21.7. The van der Waals surface area contributed by atoms with Crippen molar-refractivity contribution < 1.29 is 9.59 Å². The smallest absolute Gasteiger partial charge is 0.246 e. The van der Waals surface area contributed by atoms with Crippen LogP contribution >= 0.6 is 0 Å². The van der Waals surface area contributed by atoms with Crippen LogP contribution in [0.2, 0.25) is 0 Å². The lowest BCUT2D eigenvalue weighted by Gasteiger charge is -2.45. The molecule has 0 atom stereocenters. The highest BCUT2D eigenvalue weighted by molar-refractivity contribution is 5.90. The number of allylic oxidation sites excluding steroid dienone is 1. The summed E-state index contributed by atoms with van der Waals surface area (Å²) in [6.07, 6.45) is 4.72. The summed E-state index contributed by atoms with van der Waals surface area (Å²) in [7, 11) is 0. The van der Waals surface area contributed by atoms with E-state index in [9.17, 15) is 9.59 Å². The number of piperazine rings is 1. The van der Waals surface area contributed by atoms with Crippen LogP contribution in [0.1, 0.15) is 25.3 Å². The SMILES string of the molecule is CC=CC(=O)N1CCC(C(=O)N2CCN(c3ccccc3)CC2)(c2ccccc2)CC1. The van der Waals surface area contributed by atoms with Gasteiger partial charge in [0.2, 0.25) is 11.8 Å². The molecule has 4 rings (SSSR count). The van der Waals surface area contributed by atoms with Crippen molar-refractivity contribution >= 4 is 17.5 Å². The first-order valence-electron chi connectivity index (χ1n) is 11.2. The van der Waals surface area contributed by atoms with Crippen molar-refractivity contribution in [2.24, 2.45) is 0 Å². The Hall–Kier alpha value is -3.08. The van der Waals surface area contributed by atoms with Crippen LogP contribution in [0.3, 0.4) is 0 Å². The number of amides is 2. The monoisotopic (exact) mass is 417 g/mol. The van der Waals surface area contributed by atoms with Crippen molar-refractivity contribution in [1.82, 2.24) is 9.80 Å². The van der Waals surface area contributed by atoms with Crippen molar-refractivity contribution in [1.29, 1.82) is 0 Å². The fourth-order valence-electron chi connectivity index (χ4n) is 4.85. The fourth-order valence-corrected chi connectivity index (χ4v) is 4.85. The summed E-state index contributed by atoms with van der Waals surface area (Å²) in [6, 6.07) is 20.5. The van der Waals surface area contributed by atoms with E-state index in [2.05, 4.69) is 41.3 Å². The second-order valence-electron chi connectivity index (χ2n) is 8.39. The fraction of sp³-hybridized carbons (Fsp3) is 0.385. The number of nitrogens with zero attached hydrogens (tertiary/aromatic N) is 3. The molecule has 5 heteroatoms. The minimum atomic E-state index is -0.553. The first kappa shape index (κ1) is 21.2. The zero-order valence-corrected chi connectivity index (χ0v) is 18.2. The van der Waals surface area contributed by atoms with E-state index in [0.29, 0.717) is 25.9 Å². The Morgan fingerprint density at radius 2 is 1.35 bits per heavy atom. The van der Waals surface area contributed by atoms with Crippen molar-refractivity contribution in [3.8, 4) is 0 Å². The Balaban J connectivity index is 1.50. The number of benzene rings is 2. The van der Waals surface area contributed by atoms with Gasteiger partial charge in [0.05, 0.1) is 5.41 Å². The van der Waals surface area contributed by atoms with Gasteiger partial charge in [-0.2, -0.15) is 0 Å². The molecular formula is C26H31N3O2. The molecule has 5 nitrogen and oxygen atoms in total. The summed E-state index contributed by atoms with van der Waals surface area (Å²) in [5.41, 5.74) is 1.73. The predicted octanol–water partition coefficient (Wildman–Crippen LogP) is 3.47. The van der Waals surface area contributed by atoms with Crippen LogP contribution in [-0.2, 0) is 15.0 Å². The summed E-state index contributed by atoms with van der Waals surface area (Å²) in [5.74, 6) is 0.248. The number of hydrogen-bond acceptors (Lipinski definition) is 3. The number of piperidine rings is 1. The average molecular weight is 418 g/mol. The third-order valence-electron chi connectivity index (χ3n) is 6.66. The molecule has 0 spiro atoms. The second kappa shape index (κ2) is 9.38. The summed E-state index contributed by atoms with van der Waals surface area (Å²) in [4.78, 5) is 32.5. The molecule has 2 heterocycles. The van der Waals surface area contributed by atoms with Gasteiger partial charge in [0.25, 0.3) is 0 Å². The van der Waals surface area contributed by atoms with Crippen LogP contribution in [0.4, 0.5) is 5.69 Å². The maximum atomic E-state index is 13.9. The normalized spacial score (nSPS) is 18.9. The first-order chi connectivity index (χ1) is 15.1. The molecular weight excluding hydrogens is 386 g/mol. The maximum absolute atomic E-state index is 13.9. The molecule has 0 radical (unpaired) electrons. The largest absolute Gasteiger partial charge is 0.368 e. The van der Waals surface area contributed by atoms with Crippen LogP contribution in [0.25, 0.3) is 0 Å². The third-order valence-corrected chi connectivity index (χ3v) is 6.66. The Morgan fingerprint density at radius 3 is 1.94 bits per heavy atom. The van der Waals surface area contributed by atoms with Gasteiger partial charge in [0, 0.05) is 45.0 Å². The van der Waals surface area contributed by atoms with Gasteiger partial charge in [-0.15, -0.1) is 0 Å². The van der Waals surface area contributed by atoms with E-state index in [0.717, 1.165) is 31.7 Å². The molecule has 0 aromatic heterocycles. The topological polar surface area (TPSA) is 43.9 Å². The van der Waals surface area contributed by atoms with Gasteiger partial charge in [0.15, 0.2) is 0 Å². The minimum Gasteiger partial charge on any atom is -0.368 e. The summed E-state index contributed by atoms with van der Waals surface area (Å²) >= 11 is 0. The number of carbonyl (C=O) groups excluding carboxylic acids is 2. The number of carbonyl (C=O) groups is 2. The Labute approximate surface area is 184 Å². The van der Waals surface area contributed by atoms with Gasteiger partial charge in [-0.05, 0) is 43.5 Å². The van der Waals surface area contributed by atoms with E-state index < -0.39 is 5.41 Å². The molecule has 0 N–H and O–H groups in total. The Morgan fingerprint density at radius 1 is 0.774 bits per heavy atom. The minimum absolute atomic E-state index is 0.0353. The summed E-state index contributed by atoms with van der Waals surface area (Å²) in [5, 5.41) is 0. The molecule has 0 bridgehead atoms. The van der Waals surface area contributed by atoms with Crippen LogP contribution < -0.4 is 4.90 Å². The zero-order valence-electron chi connectivity index (χ0n) is 18.2. The highest BCUT2D eigenvalue weighted by Gasteiger charge is 2.45. The van der Waals surface area contributed by atoms with Gasteiger partial charge in [0.1, 0.15) is 0 Å². The number of hydrogen-bond donors (Lipinski definition) is 0. The van der Waals surface area contributed by atoms with E-state index in [1.807, 2.05) is 41.0 Å². The lowest BCUT2D eigenvalue weighted by atomic mass is 9.71. The summed E-state index contributed by atoms with van der Waals surface area (Å²) < 4.78 is 0. The van der Waals surface area contributed by atoms with E-state index in [1.165, 1.54) is 5.69 Å². The van der Waals surface area contributed by atoms with E-state index in [-0.39, 0.29) is 11.8 Å². The molecule has 0 unspecified atom stereocenters. The number of likely N-dealkylation sites (tertiary alicyclic amines) is 1. The molecule has 162 valence electrons. The molecule has 0 saturated carbocycles. The molecule has 0 aliphatic carbocycles. The quantitative estimate of drug-likeness (QED) is 0.716. The van der Waals surface area contributed by atoms with Crippen LogP contribution in [-0.4, -0.2) is 60.9 Å². The van der Waals surface area contributed by atoms with E-state index >= 15 is 0 Å². The van der Waals surface area contributed by atoms with Crippen molar-refractivity contribution in [2.75, 3.05) is 44.2 Å². The molecule has 2 fully saturated rings. The van der Waals surface area contributed by atoms with Crippen LogP contribution in [0.5, 0.6) is 0 Å². The number of anilines is 1. The molecule has 31 heavy (non-hydrogen) atoms. The highest BCUT2D eigenvalue weighted by atomic mass is 16.2. The third kappa shape index (κ3) is 4.36. The van der Waals surface area contributed by atoms with Gasteiger partial charge < -0.3 is 14.7 Å². The van der Waals surface area contributed by atoms with Gasteiger partial charge >= 0.3 is 0 Å². The van der Waals surface area contributed by atoms with Crippen molar-refractivity contribution in [2.45, 2.75) is 25.2 Å². The van der Waals surface area contributed by atoms with Crippen LogP contribution in [0.15, 0.2) is 72.8 Å². The first-order valence-corrected chi connectivity index (χ1v) is 11.2. The molecule has 2 saturated heterocycles. The Bertz CT molecular complexity index is 910. The molecule has 2 aromatic rings. The highest BCUT2D eigenvalue weighted by Crippen LogP contribution is 2.38.